The molecule has 1 aromatic carbocycles. The zero-order valence-electron chi connectivity index (χ0n) is 11.0. The number of ether oxygens (including phenoxy) is 1. The molecule has 1 atom stereocenters. The lowest BCUT2D eigenvalue weighted by Gasteiger charge is -2.25. The van der Waals surface area contributed by atoms with E-state index >= 15 is 0 Å². The van der Waals surface area contributed by atoms with E-state index in [2.05, 4.69) is 4.74 Å². The van der Waals surface area contributed by atoms with E-state index in [4.69, 9.17) is 0 Å². The lowest BCUT2D eigenvalue weighted by atomic mass is 10.1. The molecule has 8 heteroatoms. The number of ketones is 1. The molecule has 0 aliphatic carbocycles. The van der Waals surface area contributed by atoms with Gasteiger partial charge in [-0.15, -0.1) is 0 Å². The first-order chi connectivity index (χ1) is 9.43. The third-order valence-corrected chi connectivity index (χ3v) is 2.64. The Morgan fingerprint density at radius 1 is 1.00 bits per heavy atom. The summed E-state index contributed by atoms with van der Waals surface area (Å²) in [6.45, 7) is 2.57. The van der Waals surface area contributed by atoms with Crippen LogP contribution < -0.4 is 0 Å². The summed E-state index contributed by atoms with van der Waals surface area (Å²) in [5.41, 5.74) is 0.778. The first-order valence-corrected chi connectivity index (χ1v) is 5.82. The van der Waals surface area contributed by atoms with Gasteiger partial charge in [-0.25, -0.2) is 0 Å². The molecule has 0 spiro atoms. The topological polar surface area (TPSA) is 26.3 Å². The molecule has 0 saturated heterocycles. The maximum absolute atomic E-state index is 12.3. The number of benzene rings is 1. The van der Waals surface area contributed by atoms with Crippen molar-refractivity contribution < 1.29 is 35.9 Å². The van der Waals surface area contributed by atoms with Gasteiger partial charge in [-0.05, 0) is 13.8 Å². The van der Waals surface area contributed by atoms with E-state index in [1.54, 1.807) is 6.92 Å². The maximum atomic E-state index is 12.3. The molecule has 0 heterocycles. The number of rotatable bonds is 4. The number of halogens is 6. The molecule has 0 bridgehead atoms. The average Bonchev–Trinajstić information content (AvgIpc) is 2.33. The van der Waals surface area contributed by atoms with Crippen molar-refractivity contribution in [2.45, 2.75) is 38.4 Å². The molecular weight excluding hydrogens is 302 g/mol. The predicted molar refractivity (Wildman–Crippen MR) is 62.0 cm³/mol. The third kappa shape index (κ3) is 4.73. The Bertz CT molecular complexity index is 475. The van der Waals surface area contributed by atoms with Gasteiger partial charge in [-0.2, -0.15) is 26.3 Å². The van der Waals surface area contributed by atoms with Gasteiger partial charge in [0.15, 0.2) is 5.78 Å². The van der Waals surface area contributed by atoms with Crippen LogP contribution in [0.1, 0.15) is 22.8 Å². The molecule has 0 N–H and O–H groups in total. The molecule has 0 amide bonds. The van der Waals surface area contributed by atoms with Gasteiger partial charge in [0, 0.05) is 5.56 Å². The molecule has 0 fully saturated rings. The highest BCUT2D eigenvalue weighted by atomic mass is 19.4. The molecule has 0 radical (unpaired) electrons. The van der Waals surface area contributed by atoms with Crippen LogP contribution in [0, 0.1) is 6.92 Å². The van der Waals surface area contributed by atoms with E-state index in [1.165, 1.54) is 24.3 Å². The molecule has 2 nitrogen and oxygen atoms in total. The molecule has 1 rings (SSSR count). The van der Waals surface area contributed by atoms with E-state index < -0.39 is 30.3 Å². The first kappa shape index (κ1) is 17.5. The van der Waals surface area contributed by atoms with Gasteiger partial charge in [0.1, 0.15) is 6.10 Å². The second-order valence-electron chi connectivity index (χ2n) is 4.47. The minimum atomic E-state index is -5.64. The molecule has 21 heavy (non-hydrogen) atoms. The van der Waals surface area contributed by atoms with Crippen LogP contribution in [0.25, 0.3) is 0 Å². The predicted octanol–water partition coefficient (Wildman–Crippen LogP) is 4.08. The van der Waals surface area contributed by atoms with Crippen LogP contribution in [-0.4, -0.2) is 30.3 Å². The highest BCUT2D eigenvalue weighted by Crippen LogP contribution is 2.36. The summed E-state index contributed by atoms with van der Waals surface area (Å²) in [7, 11) is 0. The van der Waals surface area contributed by atoms with Crippen LogP contribution in [0.4, 0.5) is 26.3 Å². The quantitative estimate of drug-likeness (QED) is 0.618. The van der Waals surface area contributed by atoms with Gasteiger partial charge in [-0.3, -0.25) is 4.79 Å². The Balaban J connectivity index is 2.90. The number of carbonyl (C=O) groups excluding carboxylic acids is 1. The van der Waals surface area contributed by atoms with Gasteiger partial charge in [0.2, 0.25) is 6.10 Å². The fourth-order valence-corrected chi connectivity index (χ4v) is 1.56. The zero-order valence-corrected chi connectivity index (χ0v) is 11.0. The number of alkyl halides is 6. The second kappa shape index (κ2) is 6.05. The second-order valence-corrected chi connectivity index (χ2v) is 4.47. The summed E-state index contributed by atoms with van der Waals surface area (Å²) in [5.74, 6) is -0.950. The van der Waals surface area contributed by atoms with Gasteiger partial charge in [-0.1, -0.05) is 29.8 Å². The Hall–Kier alpha value is -1.57. The van der Waals surface area contributed by atoms with E-state index in [9.17, 15) is 31.1 Å². The van der Waals surface area contributed by atoms with Crippen molar-refractivity contribution in [1.82, 2.24) is 0 Å². The van der Waals surface area contributed by atoms with Crippen LogP contribution in [0.2, 0.25) is 0 Å². The van der Waals surface area contributed by atoms with Crippen molar-refractivity contribution in [2.75, 3.05) is 0 Å². The molecule has 0 aliphatic rings. The summed E-state index contributed by atoms with van der Waals surface area (Å²) < 4.78 is 78.0. The minimum absolute atomic E-state index is 0.0174. The molecule has 0 aliphatic heterocycles. The average molecular weight is 314 g/mol. The van der Waals surface area contributed by atoms with Crippen molar-refractivity contribution in [2.24, 2.45) is 0 Å². The van der Waals surface area contributed by atoms with Gasteiger partial charge >= 0.3 is 12.4 Å². The molecule has 0 aromatic heterocycles. The maximum Gasteiger partial charge on any atom is 0.423 e. The summed E-state index contributed by atoms with van der Waals surface area (Å²) in [6, 6.07) is 5.66. The van der Waals surface area contributed by atoms with Crippen molar-refractivity contribution in [3.8, 4) is 0 Å². The fourth-order valence-electron chi connectivity index (χ4n) is 1.56. The normalized spacial score (nSPS) is 14.3. The molecular formula is C13H12F6O2. The van der Waals surface area contributed by atoms with Crippen LogP contribution in [0.15, 0.2) is 24.3 Å². The Morgan fingerprint density at radius 3 is 1.81 bits per heavy atom. The van der Waals surface area contributed by atoms with Crippen molar-refractivity contribution >= 4 is 5.78 Å². The van der Waals surface area contributed by atoms with E-state index in [-0.39, 0.29) is 5.56 Å². The smallest absolute Gasteiger partial charge is 0.350 e. The number of carbonyl (C=O) groups is 1. The van der Waals surface area contributed by atoms with Crippen molar-refractivity contribution in [3.05, 3.63) is 35.4 Å². The highest BCUT2D eigenvalue weighted by Gasteiger charge is 2.58. The Labute approximate surface area is 116 Å². The Kier molecular flexibility index (Phi) is 5.03. The standard InChI is InChI=1S/C13H12F6O2/c1-7-3-5-9(6-4-7)10(20)8(2)21-11(12(14,15)16)13(17,18)19/h3-6,8,11H,1-2H3. The largest absolute Gasteiger partial charge is 0.423 e. The van der Waals surface area contributed by atoms with E-state index in [1.807, 2.05) is 0 Å². The van der Waals surface area contributed by atoms with Gasteiger partial charge < -0.3 is 4.74 Å². The van der Waals surface area contributed by atoms with E-state index in [0.29, 0.717) is 0 Å². The minimum Gasteiger partial charge on any atom is -0.350 e. The molecule has 0 saturated carbocycles. The monoisotopic (exact) mass is 314 g/mol. The molecule has 1 unspecified atom stereocenters. The number of Topliss-reactive ketones (excluding diaryl/α,β-unsaturated/α-hetero) is 1. The van der Waals surface area contributed by atoms with Crippen LogP contribution in [0.5, 0.6) is 0 Å². The van der Waals surface area contributed by atoms with Crippen LogP contribution >= 0.6 is 0 Å². The first-order valence-electron chi connectivity index (χ1n) is 5.82. The number of hydrogen-bond donors (Lipinski definition) is 0. The van der Waals surface area contributed by atoms with Gasteiger partial charge in [0.05, 0.1) is 0 Å². The van der Waals surface area contributed by atoms with Gasteiger partial charge in [0.25, 0.3) is 0 Å². The lowest BCUT2D eigenvalue weighted by molar-refractivity contribution is -0.325. The third-order valence-electron chi connectivity index (χ3n) is 2.64. The summed E-state index contributed by atoms with van der Waals surface area (Å²) in [5, 5.41) is 0. The lowest BCUT2D eigenvalue weighted by Crippen LogP contribution is -2.47. The summed E-state index contributed by atoms with van der Waals surface area (Å²) in [4.78, 5) is 11.8. The zero-order chi connectivity index (χ0) is 16.4. The molecule has 118 valence electrons. The molecule has 1 aromatic rings. The summed E-state index contributed by atoms with van der Waals surface area (Å²) in [6.07, 6.45) is -17.1. The summed E-state index contributed by atoms with van der Waals surface area (Å²) >= 11 is 0. The van der Waals surface area contributed by atoms with Crippen LogP contribution in [0.3, 0.4) is 0 Å². The Morgan fingerprint density at radius 2 is 1.43 bits per heavy atom. The SMILES string of the molecule is Cc1ccc(C(=O)C(C)OC(C(F)(F)F)C(F)(F)F)cc1. The highest BCUT2D eigenvalue weighted by molar-refractivity contribution is 5.99. The number of aryl methyl sites for hydroxylation is 1. The fraction of sp³-hybridized carbons (Fsp3) is 0.462. The van der Waals surface area contributed by atoms with Crippen molar-refractivity contribution in [3.63, 3.8) is 0 Å². The number of hydrogen-bond acceptors (Lipinski definition) is 2. The van der Waals surface area contributed by atoms with Crippen LogP contribution in [-0.2, 0) is 4.74 Å². The van der Waals surface area contributed by atoms with E-state index in [0.717, 1.165) is 12.5 Å². The van der Waals surface area contributed by atoms with Crippen molar-refractivity contribution in [1.29, 1.82) is 0 Å².